The molecule has 5 nitrogen and oxygen atoms in total. The molecule has 2 saturated heterocycles. The van der Waals surface area contributed by atoms with Gasteiger partial charge in [-0.3, -0.25) is 9.69 Å². The van der Waals surface area contributed by atoms with E-state index in [0.717, 1.165) is 12.8 Å². The minimum atomic E-state index is -0.311. The molecule has 0 radical (unpaired) electrons. The molecule has 0 aliphatic carbocycles. The van der Waals surface area contributed by atoms with Gasteiger partial charge >= 0.3 is 6.09 Å². The van der Waals surface area contributed by atoms with Crippen molar-refractivity contribution in [2.75, 3.05) is 13.7 Å². The van der Waals surface area contributed by atoms with E-state index >= 15 is 0 Å². The number of methoxy groups -OCH3 is 1. The van der Waals surface area contributed by atoms with Crippen molar-refractivity contribution in [3.8, 4) is 0 Å². The summed E-state index contributed by atoms with van der Waals surface area (Å²) < 4.78 is 4.71. The predicted octanol–water partition coefficient (Wildman–Crippen LogP) is 0.106. The normalized spacial score (nSPS) is 30.9. The van der Waals surface area contributed by atoms with Gasteiger partial charge in [-0.2, -0.15) is 0 Å². The summed E-state index contributed by atoms with van der Waals surface area (Å²) in [4.78, 5) is 24.4. The van der Waals surface area contributed by atoms with E-state index in [4.69, 9.17) is 4.74 Å². The SMILES string of the molecule is COC(=O)N1C2CCC1CC(=O)NC2. The number of nitrogens with one attached hydrogen (secondary N) is 1. The van der Waals surface area contributed by atoms with Gasteiger partial charge in [0.1, 0.15) is 0 Å². The lowest BCUT2D eigenvalue weighted by Crippen LogP contribution is -2.42. The fourth-order valence-corrected chi connectivity index (χ4v) is 2.28. The quantitative estimate of drug-likeness (QED) is 0.600. The second kappa shape index (κ2) is 3.48. The average Bonchev–Trinajstić information content (AvgIpc) is 2.47. The van der Waals surface area contributed by atoms with Gasteiger partial charge in [-0.1, -0.05) is 0 Å². The van der Waals surface area contributed by atoms with Crippen molar-refractivity contribution >= 4 is 12.0 Å². The first-order chi connectivity index (χ1) is 6.72. The van der Waals surface area contributed by atoms with Crippen LogP contribution in [0, 0.1) is 0 Å². The molecular weight excluding hydrogens is 184 g/mol. The van der Waals surface area contributed by atoms with E-state index in [1.165, 1.54) is 7.11 Å². The minimum absolute atomic E-state index is 0.0334. The molecule has 0 aromatic heterocycles. The second-order valence-corrected chi connectivity index (χ2v) is 3.77. The first-order valence-electron chi connectivity index (χ1n) is 4.85. The summed E-state index contributed by atoms with van der Waals surface area (Å²) in [6, 6.07) is 0.161. The summed E-state index contributed by atoms with van der Waals surface area (Å²) in [5, 5.41) is 2.80. The largest absolute Gasteiger partial charge is 0.453 e. The molecule has 2 atom stereocenters. The molecule has 2 aliphatic rings. The Morgan fingerprint density at radius 2 is 2.21 bits per heavy atom. The smallest absolute Gasteiger partial charge is 0.410 e. The van der Waals surface area contributed by atoms with E-state index < -0.39 is 0 Å². The maximum atomic E-state index is 11.5. The molecule has 0 saturated carbocycles. The third-order valence-corrected chi connectivity index (χ3v) is 2.96. The van der Waals surface area contributed by atoms with Gasteiger partial charge in [-0.15, -0.1) is 0 Å². The number of amides is 2. The van der Waals surface area contributed by atoms with Gasteiger partial charge in [0.2, 0.25) is 5.91 Å². The molecule has 2 bridgehead atoms. The van der Waals surface area contributed by atoms with Gasteiger partial charge in [-0.25, -0.2) is 4.79 Å². The molecule has 14 heavy (non-hydrogen) atoms. The third kappa shape index (κ3) is 1.42. The summed E-state index contributed by atoms with van der Waals surface area (Å²) in [5.74, 6) is 0.0334. The first kappa shape index (κ1) is 9.30. The monoisotopic (exact) mass is 198 g/mol. The fraction of sp³-hybridized carbons (Fsp3) is 0.778. The van der Waals surface area contributed by atoms with Crippen LogP contribution >= 0.6 is 0 Å². The van der Waals surface area contributed by atoms with Crippen molar-refractivity contribution in [2.24, 2.45) is 0 Å². The molecule has 2 amide bonds. The van der Waals surface area contributed by atoms with Crippen molar-refractivity contribution in [3.05, 3.63) is 0 Å². The van der Waals surface area contributed by atoms with E-state index in [1.54, 1.807) is 4.90 Å². The number of fused-ring (bicyclic) bond motifs is 2. The van der Waals surface area contributed by atoms with Crippen LogP contribution in [0.1, 0.15) is 19.3 Å². The molecule has 5 heteroatoms. The molecule has 2 unspecified atom stereocenters. The Balaban J connectivity index is 2.16. The standard InChI is InChI=1S/C9H14N2O3/c1-14-9(13)11-6-2-3-7(11)5-10-8(12)4-6/h6-7H,2-5H2,1H3,(H,10,12). The van der Waals surface area contributed by atoms with Crippen LogP contribution in [-0.2, 0) is 9.53 Å². The Morgan fingerprint density at radius 3 is 2.93 bits per heavy atom. The second-order valence-electron chi connectivity index (χ2n) is 3.77. The highest BCUT2D eigenvalue weighted by Gasteiger charge is 2.40. The first-order valence-corrected chi connectivity index (χ1v) is 4.85. The molecule has 0 spiro atoms. The molecule has 0 aromatic rings. The maximum Gasteiger partial charge on any atom is 0.410 e. The molecule has 2 heterocycles. The zero-order chi connectivity index (χ0) is 10.1. The average molecular weight is 198 g/mol. The Hall–Kier alpha value is -1.26. The summed E-state index contributed by atoms with van der Waals surface area (Å²) >= 11 is 0. The topological polar surface area (TPSA) is 58.6 Å². The molecule has 0 aromatic carbocycles. The van der Waals surface area contributed by atoms with Crippen molar-refractivity contribution in [2.45, 2.75) is 31.3 Å². The van der Waals surface area contributed by atoms with Crippen LogP contribution in [0.2, 0.25) is 0 Å². The summed E-state index contributed by atoms with van der Waals surface area (Å²) in [7, 11) is 1.38. The van der Waals surface area contributed by atoms with Crippen molar-refractivity contribution in [3.63, 3.8) is 0 Å². The Morgan fingerprint density at radius 1 is 1.50 bits per heavy atom. The van der Waals surface area contributed by atoms with Gasteiger partial charge in [0.25, 0.3) is 0 Å². The zero-order valence-corrected chi connectivity index (χ0v) is 8.16. The highest BCUT2D eigenvalue weighted by atomic mass is 16.5. The van der Waals surface area contributed by atoms with E-state index in [1.807, 2.05) is 0 Å². The molecular formula is C9H14N2O3. The van der Waals surface area contributed by atoms with Crippen molar-refractivity contribution < 1.29 is 14.3 Å². The number of hydrogen-bond donors (Lipinski definition) is 1. The number of carbonyl (C=O) groups excluding carboxylic acids is 2. The summed E-state index contributed by atoms with van der Waals surface area (Å²) in [6.07, 6.45) is 1.97. The van der Waals surface area contributed by atoms with Crippen LogP contribution in [0.3, 0.4) is 0 Å². The Bertz CT molecular complexity index is 267. The van der Waals surface area contributed by atoms with Gasteiger partial charge in [0.05, 0.1) is 13.2 Å². The van der Waals surface area contributed by atoms with Crippen LogP contribution < -0.4 is 5.32 Å². The van der Waals surface area contributed by atoms with Gasteiger partial charge in [0.15, 0.2) is 0 Å². The lowest BCUT2D eigenvalue weighted by molar-refractivity contribution is -0.121. The molecule has 2 fully saturated rings. The van der Waals surface area contributed by atoms with Crippen LogP contribution in [-0.4, -0.2) is 42.6 Å². The van der Waals surface area contributed by atoms with Crippen molar-refractivity contribution in [1.29, 1.82) is 0 Å². The lowest BCUT2D eigenvalue weighted by atomic mass is 10.1. The molecule has 1 N–H and O–H groups in total. The van der Waals surface area contributed by atoms with Gasteiger partial charge < -0.3 is 10.1 Å². The van der Waals surface area contributed by atoms with E-state index in [2.05, 4.69) is 5.32 Å². The van der Waals surface area contributed by atoms with E-state index in [0.29, 0.717) is 13.0 Å². The molecule has 2 rings (SSSR count). The lowest BCUT2D eigenvalue weighted by Gasteiger charge is -2.25. The van der Waals surface area contributed by atoms with E-state index in [9.17, 15) is 9.59 Å². The fourth-order valence-electron chi connectivity index (χ4n) is 2.28. The summed E-state index contributed by atoms with van der Waals surface area (Å²) in [6.45, 7) is 0.560. The highest BCUT2D eigenvalue weighted by Crippen LogP contribution is 2.28. The highest BCUT2D eigenvalue weighted by molar-refractivity contribution is 5.79. The summed E-state index contributed by atoms with van der Waals surface area (Å²) in [5.41, 5.74) is 0. The van der Waals surface area contributed by atoms with Crippen LogP contribution in [0.25, 0.3) is 0 Å². The van der Waals surface area contributed by atoms with E-state index in [-0.39, 0.29) is 24.1 Å². The van der Waals surface area contributed by atoms with Gasteiger partial charge in [0, 0.05) is 19.0 Å². The minimum Gasteiger partial charge on any atom is -0.453 e. The third-order valence-electron chi connectivity index (χ3n) is 2.96. The number of hydrogen-bond acceptors (Lipinski definition) is 3. The number of ether oxygens (including phenoxy) is 1. The van der Waals surface area contributed by atoms with Crippen molar-refractivity contribution in [1.82, 2.24) is 10.2 Å². The molecule has 2 aliphatic heterocycles. The number of rotatable bonds is 0. The van der Waals surface area contributed by atoms with Gasteiger partial charge in [-0.05, 0) is 12.8 Å². The predicted molar refractivity (Wildman–Crippen MR) is 48.7 cm³/mol. The Labute approximate surface area is 82.4 Å². The maximum absolute atomic E-state index is 11.5. The number of carbonyl (C=O) groups is 2. The zero-order valence-electron chi connectivity index (χ0n) is 8.16. The van der Waals surface area contributed by atoms with Crippen LogP contribution in [0.15, 0.2) is 0 Å². The number of nitrogens with zero attached hydrogens (tertiary/aromatic N) is 1. The Kier molecular flexibility index (Phi) is 2.31. The van der Waals surface area contributed by atoms with Crippen LogP contribution in [0.4, 0.5) is 4.79 Å². The molecule has 78 valence electrons. The van der Waals surface area contributed by atoms with Crippen LogP contribution in [0.5, 0.6) is 0 Å².